The third-order valence-electron chi connectivity index (χ3n) is 18.6. The summed E-state index contributed by atoms with van der Waals surface area (Å²) in [5, 5.41) is 1.15. The van der Waals surface area contributed by atoms with Crippen molar-refractivity contribution in [2.45, 2.75) is 0 Å². The Morgan fingerprint density at radius 2 is 0.565 bits per heavy atom. The lowest BCUT2D eigenvalue weighted by Crippen LogP contribution is -2.58. The van der Waals surface area contributed by atoms with Crippen molar-refractivity contribution in [1.82, 2.24) is 0 Å². The Balaban J connectivity index is 0.000000146. The maximum Gasteiger partial charge on any atom is 0.248 e. The molecule has 0 radical (unpaired) electrons. The summed E-state index contributed by atoms with van der Waals surface area (Å²) in [6.07, 6.45) is 0. The largest absolute Gasteiger partial charge is 0.312 e. The van der Waals surface area contributed by atoms with Crippen LogP contribution in [0, 0.1) is 0 Å². The van der Waals surface area contributed by atoms with Gasteiger partial charge in [0, 0.05) is 58.3 Å². The SMILES string of the molecule is Clc1cc(N(c2ccccc2)c2cccc(-c3ccccc3)c2)c(Cl)cc1N(c1ccccc1)c1cccc(-c2ccccc2)c1.[2HH].c1ccc(N2c3cc4c(cc3B3c5ccccc5-c5cccc2c53)N(c2ccccc2)c2cccc3c2B4c2ccccc2-3)cc1. The van der Waals surface area contributed by atoms with Crippen LogP contribution in [0.1, 0.15) is 1.43 Å². The van der Waals surface area contributed by atoms with Crippen molar-refractivity contribution in [3.63, 3.8) is 0 Å². The number of anilines is 12. The number of nitrogens with zero attached hydrogens (tertiary/aromatic N) is 4. The van der Waals surface area contributed by atoms with Gasteiger partial charge in [0.15, 0.2) is 0 Å². The number of rotatable bonds is 10. The lowest BCUT2D eigenvalue weighted by atomic mass is 9.34. The molecular formula is C84H58B2Cl2N4. The molecule has 92 heavy (non-hydrogen) atoms. The predicted octanol–water partition coefficient (Wildman–Crippen LogP) is 19.8. The van der Waals surface area contributed by atoms with Crippen LogP contribution in [-0.4, -0.2) is 13.4 Å². The highest BCUT2D eigenvalue weighted by atomic mass is 35.5. The Bertz CT molecular complexity index is 4790. The average molecular weight is 1220 g/mol. The van der Waals surface area contributed by atoms with Crippen LogP contribution in [0.15, 0.2) is 340 Å². The van der Waals surface area contributed by atoms with Crippen LogP contribution in [0.3, 0.4) is 0 Å². The molecule has 0 saturated carbocycles. The van der Waals surface area contributed by atoms with E-state index in [9.17, 15) is 0 Å². The van der Waals surface area contributed by atoms with E-state index in [-0.39, 0.29) is 14.9 Å². The molecule has 0 atom stereocenters. The van der Waals surface area contributed by atoms with E-state index in [2.05, 4.69) is 299 Å². The fourth-order valence-corrected chi connectivity index (χ4v) is 15.2. The second kappa shape index (κ2) is 23.1. The van der Waals surface area contributed by atoms with Gasteiger partial charge in [-0.1, -0.05) is 265 Å². The second-order valence-corrected chi connectivity index (χ2v) is 24.6. The first kappa shape index (κ1) is 55.1. The average Bonchev–Trinajstić information content (AvgIpc) is 1.60. The Kier molecular flexibility index (Phi) is 13.8. The number of hydrogen-bond acceptors (Lipinski definition) is 4. The molecule has 4 aliphatic rings. The molecule has 4 heterocycles. The smallest absolute Gasteiger partial charge is 0.248 e. The first-order valence-electron chi connectivity index (χ1n) is 31.4. The molecule has 0 bridgehead atoms. The third-order valence-corrected chi connectivity index (χ3v) is 19.2. The Morgan fingerprint density at radius 1 is 0.250 bits per heavy atom. The molecule has 4 nitrogen and oxygen atoms in total. The zero-order valence-electron chi connectivity index (χ0n) is 50.0. The van der Waals surface area contributed by atoms with E-state index in [0.29, 0.717) is 10.0 Å². The number of hydrogen-bond donors (Lipinski definition) is 0. The number of benzene rings is 14. The van der Waals surface area contributed by atoms with Gasteiger partial charge in [0.05, 0.1) is 21.4 Å². The van der Waals surface area contributed by atoms with E-state index in [4.69, 9.17) is 23.2 Å². The van der Waals surface area contributed by atoms with Crippen molar-refractivity contribution in [2.75, 3.05) is 19.6 Å². The van der Waals surface area contributed by atoms with Crippen molar-refractivity contribution in [1.29, 1.82) is 0 Å². The van der Waals surface area contributed by atoms with Crippen LogP contribution in [0.4, 0.5) is 68.2 Å². The first-order valence-corrected chi connectivity index (χ1v) is 32.1. The van der Waals surface area contributed by atoms with E-state index >= 15 is 0 Å². The summed E-state index contributed by atoms with van der Waals surface area (Å²) in [5.41, 5.74) is 31.3. The monoisotopic (exact) mass is 1220 g/mol. The van der Waals surface area contributed by atoms with Gasteiger partial charge in [0.25, 0.3) is 0 Å². The molecule has 18 rings (SSSR count). The fourth-order valence-electron chi connectivity index (χ4n) is 14.7. The molecule has 0 saturated heterocycles. The fraction of sp³-hybridized carbons (Fsp3) is 0. The molecule has 0 amide bonds. The molecule has 14 aromatic carbocycles. The highest BCUT2D eigenvalue weighted by Gasteiger charge is 2.47. The lowest BCUT2D eigenvalue weighted by Gasteiger charge is -2.41. The summed E-state index contributed by atoms with van der Waals surface area (Å²) in [4.78, 5) is 9.36. The van der Waals surface area contributed by atoms with Gasteiger partial charge < -0.3 is 19.6 Å². The van der Waals surface area contributed by atoms with Crippen LogP contribution in [0.25, 0.3) is 44.5 Å². The van der Waals surface area contributed by atoms with Crippen molar-refractivity contribution >= 4 is 138 Å². The van der Waals surface area contributed by atoms with Gasteiger partial charge in [-0.2, -0.15) is 0 Å². The minimum Gasteiger partial charge on any atom is -0.312 e. The molecule has 8 heteroatoms. The number of fused-ring (bicyclic) bond motifs is 10. The molecule has 0 spiro atoms. The van der Waals surface area contributed by atoms with Gasteiger partial charge in [0.1, 0.15) is 0 Å². The van der Waals surface area contributed by atoms with Crippen molar-refractivity contribution in [3.8, 4) is 44.5 Å². The van der Waals surface area contributed by atoms with Gasteiger partial charge >= 0.3 is 0 Å². The molecule has 434 valence electrons. The Hall–Kier alpha value is -11.0. The van der Waals surface area contributed by atoms with Gasteiger partial charge in [-0.25, -0.2) is 0 Å². The molecule has 0 aromatic heterocycles. The molecular weight excluding hydrogens is 1160 g/mol. The van der Waals surface area contributed by atoms with Crippen molar-refractivity contribution in [2.24, 2.45) is 0 Å². The number of halogens is 2. The predicted molar refractivity (Wildman–Crippen MR) is 395 cm³/mol. The van der Waals surface area contributed by atoms with Crippen LogP contribution >= 0.6 is 23.2 Å². The summed E-state index contributed by atoms with van der Waals surface area (Å²) in [7, 11) is 0. The maximum absolute atomic E-state index is 7.27. The quantitative estimate of drug-likeness (QED) is 0.127. The summed E-state index contributed by atoms with van der Waals surface area (Å²) in [5.74, 6) is 0. The summed E-state index contributed by atoms with van der Waals surface area (Å²) in [6, 6.07) is 121. The van der Waals surface area contributed by atoms with Crippen LogP contribution in [0.2, 0.25) is 10.0 Å². The Morgan fingerprint density at radius 3 is 0.967 bits per heavy atom. The lowest BCUT2D eigenvalue weighted by molar-refractivity contribution is 1.26. The third kappa shape index (κ3) is 9.32. The van der Waals surface area contributed by atoms with E-state index in [0.717, 1.165) is 56.4 Å². The normalized spacial score (nSPS) is 12.4. The highest BCUT2D eigenvalue weighted by molar-refractivity contribution is 7.03. The minimum atomic E-state index is 0. The second-order valence-electron chi connectivity index (χ2n) is 23.8. The maximum atomic E-state index is 7.27. The Labute approximate surface area is 549 Å². The summed E-state index contributed by atoms with van der Waals surface area (Å²) >= 11 is 14.5. The zero-order valence-corrected chi connectivity index (χ0v) is 51.5. The van der Waals surface area contributed by atoms with E-state index in [1.807, 2.05) is 60.7 Å². The van der Waals surface area contributed by atoms with E-state index < -0.39 is 0 Å². The van der Waals surface area contributed by atoms with Crippen molar-refractivity contribution in [3.05, 3.63) is 350 Å². The van der Waals surface area contributed by atoms with Crippen LogP contribution < -0.4 is 52.4 Å². The molecule has 0 aliphatic carbocycles. The minimum absolute atomic E-state index is 0. The van der Waals surface area contributed by atoms with Crippen LogP contribution in [0.5, 0.6) is 0 Å². The van der Waals surface area contributed by atoms with Gasteiger partial charge in [-0.05, 0) is 176 Å². The first-order chi connectivity index (χ1) is 45.5. The topological polar surface area (TPSA) is 13.0 Å². The molecule has 0 fully saturated rings. The van der Waals surface area contributed by atoms with E-state index in [1.165, 1.54) is 89.2 Å². The summed E-state index contributed by atoms with van der Waals surface area (Å²) in [6.45, 7) is 0.341. The van der Waals surface area contributed by atoms with Gasteiger partial charge in [-0.3, -0.25) is 0 Å². The highest BCUT2D eigenvalue weighted by Crippen LogP contribution is 2.49. The molecule has 0 unspecified atom stereocenters. The van der Waals surface area contributed by atoms with Crippen molar-refractivity contribution < 1.29 is 1.43 Å². The zero-order chi connectivity index (χ0) is 61.2. The van der Waals surface area contributed by atoms with Crippen LogP contribution in [-0.2, 0) is 0 Å². The molecule has 0 N–H and O–H groups in total. The van der Waals surface area contributed by atoms with E-state index in [1.54, 1.807) is 0 Å². The van der Waals surface area contributed by atoms with Gasteiger partial charge in [0.2, 0.25) is 13.4 Å². The standard InChI is InChI=1S/C42H26B2N2.C42H30Cl2N2.H2/c1-3-13-27(14-4-1)45-37-23-11-19-31-29-17-7-9-21-33(29)43(41(31)37)35-26-40-36(25-39(35)45)44-34-22-10-8-18-30(34)32-20-12-24-38(42(32)44)46(40)28-15-5-2-6-16-28;43-39-30-42(46(36-23-11-4-12-24-36)38-26-14-20-34(28-38)32-17-7-2-8-18-32)40(44)29-41(39)45(35-21-9-3-10-22-35)37-25-13-19-33(27-37)31-15-5-1-6-16-31;/h1-26H;1-30H;1H/i;;1+1. The molecule has 4 aliphatic heterocycles. The molecule has 14 aromatic rings. The summed E-state index contributed by atoms with van der Waals surface area (Å²) < 4.78 is 0. The van der Waals surface area contributed by atoms with Gasteiger partial charge in [-0.15, -0.1) is 0 Å². The number of para-hydroxylation sites is 4.